The second-order valence-corrected chi connectivity index (χ2v) is 4.46. The van der Waals surface area contributed by atoms with Gasteiger partial charge in [0.2, 0.25) is 0 Å². The van der Waals surface area contributed by atoms with E-state index in [1.165, 1.54) is 6.26 Å². The Morgan fingerprint density at radius 2 is 2.11 bits per heavy atom. The number of carbonyl (C=O) groups excluding carboxylic acids is 1. The highest BCUT2D eigenvalue weighted by molar-refractivity contribution is 5.96. The Morgan fingerprint density at radius 1 is 1.37 bits per heavy atom. The molecule has 5 nitrogen and oxygen atoms in total. The Balaban J connectivity index is 2.02. The molecule has 0 spiro atoms. The number of hydrogen-bond acceptors (Lipinski definition) is 4. The highest BCUT2D eigenvalue weighted by atomic mass is 16.4. The van der Waals surface area contributed by atoms with E-state index in [-0.39, 0.29) is 12.5 Å². The molecule has 1 atom stereocenters. The van der Waals surface area contributed by atoms with Gasteiger partial charge in [0.25, 0.3) is 5.91 Å². The molecule has 0 fully saturated rings. The molecule has 1 unspecified atom stereocenters. The highest BCUT2D eigenvalue weighted by Gasteiger charge is 2.19. The van der Waals surface area contributed by atoms with Gasteiger partial charge in [0.05, 0.1) is 18.4 Å². The van der Waals surface area contributed by atoms with Crippen LogP contribution >= 0.6 is 0 Å². The maximum atomic E-state index is 12.1. The smallest absolute Gasteiger partial charge is 0.255 e. The Bertz CT molecular complexity index is 569. The van der Waals surface area contributed by atoms with Crippen molar-refractivity contribution in [2.45, 2.75) is 26.9 Å². The van der Waals surface area contributed by atoms with Crippen LogP contribution in [-0.2, 0) is 0 Å². The van der Waals surface area contributed by atoms with E-state index >= 15 is 0 Å². The number of furan rings is 2. The molecule has 102 valence electrons. The Hall–Kier alpha value is -2.01. The molecular formula is C14H17NO4. The van der Waals surface area contributed by atoms with E-state index in [0.29, 0.717) is 17.1 Å². The third-order valence-electron chi connectivity index (χ3n) is 3.12. The Kier molecular flexibility index (Phi) is 3.76. The molecule has 5 heteroatoms. The monoisotopic (exact) mass is 263 g/mol. The summed E-state index contributed by atoms with van der Waals surface area (Å²) in [7, 11) is 0. The van der Waals surface area contributed by atoms with Gasteiger partial charge in [-0.15, -0.1) is 0 Å². The lowest BCUT2D eigenvalue weighted by molar-refractivity contribution is 0.0899. The van der Waals surface area contributed by atoms with Crippen LogP contribution in [0.15, 0.2) is 27.2 Å². The number of aliphatic hydroxyl groups is 1. The van der Waals surface area contributed by atoms with Crippen molar-refractivity contribution in [3.63, 3.8) is 0 Å². The van der Waals surface area contributed by atoms with Crippen LogP contribution in [0.2, 0.25) is 0 Å². The molecule has 0 radical (unpaired) electrons. The zero-order valence-corrected chi connectivity index (χ0v) is 11.2. The lowest BCUT2D eigenvalue weighted by atomic mass is 10.1. The van der Waals surface area contributed by atoms with E-state index in [9.17, 15) is 9.90 Å². The molecule has 2 aromatic heterocycles. The van der Waals surface area contributed by atoms with E-state index in [1.54, 1.807) is 19.1 Å². The Morgan fingerprint density at radius 3 is 2.63 bits per heavy atom. The molecule has 1 amide bonds. The van der Waals surface area contributed by atoms with Crippen LogP contribution in [0.4, 0.5) is 0 Å². The van der Waals surface area contributed by atoms with Crippen LogP contribution in [0, 0.1) is 20.8 Å². The van der Waals surface area contributed by atoms with Crippen molar-refractivity contribution in [1.82, 2.24) is 5.32 Å². The first-order valence-corrected chi connectivity index (χ1v) is 6.07. The van der Waals surface area contributed by atoms with E-state index in [4.69, 9.17) is 8.83 Å². The molecule has 0 saturated heterocycles. The van der Waals surface area contributed by atoms with E-state index in [1.807, 2.05) is 13.8 Å². The fourth-order valence-corrected chi connectivity index (χ4v) is 1.99. The molecule has 2 aromatic rings. The summed E-state index contributed by atoms with van der Waals surface area (Å²) in [6.07, 6.45) is 0.626. The fourth-order valence-electron chi connectivity index (χ4n) is 1.99. The molecule has 2 N–H and O–H groups in total. The largest absolute Gasteiger partial charge is 0.467 e. The average molecular weight is 263 g/mol. The van der Waals surface area contributed by atoms with Gasteiger partial charge in [-0.05, 0) is 32.9 Å². The maximum absolute atomic E-state index is 12.1. The second kappa shape index (κ2) is 5.32. The molecule has 2 rings (SSSR count). The number of hydrogen-bond donors (Lipinski definition) is 2. The molecule has 0 aliphatic carbocycles. The first kappa shape index (κ1) is 13.4. The lowest BCUT2D eigenvalue weighted by Gasteiger charge is -2.09. The summed E-state index contributed by atoms with van der Waals surface area (Å²) >= 11 is 0. The van der Waals surface area contributed by atoms with Crippen molar-refractivity contribution in [3.05, 3.63) is 46.8 Å². The summed E-state index contributed by atoms with van der Waals surface area (Å²) in [5.41, 5.74) is 1.35. The van der Waals surface area contributed by atoms with Crippen molar-refractivity contribution < 1.29 is 18.7 Å². The van der Waals surface area contributed by atoms with Gasteiger partial charge in [-0.3, -0.25) is 4.79 Å². The molecule has 0 aliphatic rings. The number of nitrogens with one attached hydrogen (secondary N) is 1. The molecule has 0 aromatic carbocycles. The molecule has 19 heavy (non-hydrogen) atoms. The minimum absolute atomic E-state index is 0.0927. The van der Waals surface area contributed by atoms with E-state index < -0.39 is 6.10 Å². The third-order valence-corrected chi connectivity index (χ3v) is 3.12. The van der Waals surface area contributed by atoms with Crippen LogP contribution in [0.3, 0.4) is 0 Å². The standard InChI is InChI=1S/C14H17NO4/c1-8-9(2)19-10(3)13(8)14(17)15-7-11(16)12-5-4-6-18-12/h4-6,11,16H,7H2,1-3H3,(H,15,17). The second-order valence-electron chi connectivity index (χ2n) is 4.46. The summed E-state index contributed by atoms with van der Waals surface area (Å²) in [6.45, 7) is 5.49. The minimum atomic E-state index is -0.854. The predicted molar refractivity (Wildman–Crippen MR) is 68.9 cm³/mol. The normalized spacial score (nSPS) is 12.4. The van der Waals surface area contributed by atoms with Crippen LogP contribution in [0.25, 0.3) is 0 Å². The number of carbonyl (C=O) groups is 1. The quantitative estimate of drug-likeness (QED) is 0.887. The summed E-state index contributed by atoms with van der Waals surface area (Å²) in [5.74, 6) is 1.49. The summed E-state index contributed by atoms with van der Waals surface area (Å²) in [4.78, 5) is 12.1. The van der Waals surface area contributed by atoms with Gasteiger partial charge >= 0.3 is 0 Å². The van der Waals surface area contributed by atoms with Crippen molar-refractivity contribution in [3.8, 4) is 0 Å². The summed E-state index contributed by atoms with van der Waals surface area (Å²) < 4.78 is 10.5. The zero-order chi connectivity index (χ0) is 14.0. The number of amides is 1. The zero-order valence-electron chi connectivity index (χ0n) is 11.2. The van der Waals surface area contributed by atoms with E-state index in [2.05, 4.69) is 5.32 Å². The highest BCUT2D eigenvalue weighted by Crippen LogP contribution is 2.20. The van der Waals surface area contributed by atoms with Crippen molar-refractivity contribution in [2.75, 3.05) is 6.54 Å². The van der Waals surface area contributed by atoms with Crippen LogP contribution in [0.1, 0.15) is 39.3 Å². The molecule has 2 heterocycles. The van der Waals surface area contributed by atoms with Gasteiger partial charge in [0, 0.05) is 5.56 Å². The summed E-state index contributed by atoms with van der Waals surface area (Å²) in [6, 6.07) is 3.35. The van der Waals surface area contributed by atoms with Crippen molar-refractivity contribution >= 4 is 5.91 Å². The maximum Gasteiger partial charge on any atom is 0.255 e. The lowest BCUT2D eigenvalue weighted by Crippen LogP contribution is -2.28. The molecule has 0 aliphatic heterocycles. The number of aryl methyl sites for hydroxylation is 2. The van der Waals surface area contributed by atoms with Gasteiger partial charge < -0.3 is 19.3 Å². The number of aliphatic hydroxyl groups excluding tert-OH is 1. The average Bonchev–Trinajstić information content (AvgIpc) is 2.96. The molecular weight excluding hydrogens is 246 g/mol. The summed E-state index contributed by atoms with van der Waals surface area (Å²) in [5, 5.41) is 12.5. The van der Waals surface area contributed by atoms with Crippen LogP contribution in [-0.4, -0.2) is 17.6 Å². The molecule has 0 saturated carbocycles. The molecule has 0 bridgehead atoms. The fraction of sp³-hybridized carbons (Fsp3) is 0.357. The van der Waals surface area contributed by atoms with Gasteiger partial charge in [-0.2, -0.15) is 0 Å². The SMILES string of the molecule is Cc1oc(C)c(C(=O)NCC(O)c2ccco2)c1C. The first-order valence-electron chi connectivity index (χ1n) is 6.07. The van der Waals surface area contributed by atoms with Crippen LogP contribution < -0.4 is 5.32 Å². The number of rotatable bonds is 4. The third kappa shape index (κ3) is 2.71. The van der Waals surface area contributed by atoms with Crippen molar-refractivity contribution in [1.29, 1.82) is 0 Å². The minimum Gasteiger partial charge on any atom is -0.467 e. The van der Waals surface area contributed by atoms with E-state index in [0.717, 1.165) is 11.3 Å². The topological polar surface area (TPSA) is 75.6 Å². The first-order chi connectivity index (χ1) is 9.00. The van der Waals surface area contributed by atoms with Crippen LogP contribution in [0.5, 0.6) is 0 Å². The predicted octanol–water partition coefficient (Wildman–Crippen LogP) is 2.26. The Labute approximate surface area is 111 Å². The van der Waals surface area contributed by atoms with Gasteiger partial charge in [0.15, 0.2) is 0 Å². The van der Waals surface area contributed by atoms with Gasteiger partial charge in [-0.1, -0.05) is 0 Å². The van der Waals surface area contributed by atoms with Crippen molar-refractivity contribution in [2.24, 2.45) is 0 Å². The van der Waals surface area contributed by atoms with Gasteiger partial charge in [-0.25, -0.2) is 0 Å². The van der Waals surface area contributed by atoms with Gasteiger partial charge in [0.1, 0.15) is 23.4 Å².